The molecule has 0 saturated heterocycles. The molecule has 1 aliphatic rings. The van der Waals surface area contributed by atoms with Crippen LogP contribution in [0, 0.1) is 11.8 Å². The lowest BCUT2D eigenvalue weighted by Crippen LogP contribution is -2.19. The van der Waals surface area contributed by atoms with Crippen LogP contribution in [-0.4, -0.2) is 45.6 Å². The molecule has 0 spiro atoms. The summed E-state index contributed by atoms with van der Waals surface area (Å²) in [6.45, 7) is 2.84. The number of carboxylic acid groups (broad SMARTS) is 2. The molecule has 1 aliphatic carbocycles. The molecule has 1 aromatic rings. The maximum Gasteiger partial charge on any atom is 0.335 e. The highest BCUT2D eigenvalue weighted by molar-refractivity contribution is 5.87. The Morgan fingerprint density at radius 2 is 1.27 bits per heavy atom. The lowest BCUT2D eigenvalue weighted by molar-refractivity contribution is -0.137. The number of carboxylic acids is 2. The van der Waals surface area contributed by atoms with Gasteiger partial charge in [0.2, 0.25) is 0 Å². The Morgan fingerprint density at radius 3 is 1.63 bits per heavy atom. The van der Waals surface area contributed by atoms with Crippen LogP contribution in [0.2, 0.25) is 0 Å². The van der Waals surface area contributed by atoms with Gasteiger partial charge in [0.25, 0.3) is 0 Å². The molecule has 0 aliphatic heterocycles. The van der Waals surface area contributed by atoms with Crippen molar-refractivity contribution in [2.45, 2.75) is 77.6 Å². The Morgan fingerprint density at radius 1 is 0.800 bits per heavy atom. The molecule has 1 fully saturated rings. The van der Waals surface area contributed by atoms with E-state index in [1.165, 1.54) is 25.7 Å². The molecular weight excluding hydrogens is 384 g/mol. The molecule has 4 N–H and O–H groups in total. The van der Waals surface area contributed by atoms with Gasteiger partial charge in [0.1, 0.15) is 0 Å². The molecule has 2 rings (SSSR count). The van der Waals surface area contributed by atoms with Crippen molar-refractivity contribution in [3.63, 3.8) is 0 Å². The van der Waals surface area contributed by atoms with Gasteiger partial charge in [-0.15, -0.1) is 0 Å². The van der Waals surface area contributed by atoms with Gasteiger partial charge in [-0.2, -0.15) is 0 Å². The highest BCUT2D eigenvalue weighted by Gasteiger charge is 2.19. The number of hydrogen-bond donors (Lipinski definition) is 4. The van der Waals surface area contributed by atoms with Crippen molar-refractivity contribution in [3.8, 4) is 0 Å². The maximum absolute atomic E-state index is 10.2. The van der Waals surface area contributed by atoms with Crippen LogP contribution in [0.4, 0.5) is 0 Å². The average molecular weight is 425 g/mol. The molecule has 0 radical (unpaired) electrons. The van der Waals surface area contributed by atoms with Gasteiger partial charge in [-0.1, -0.05) is 57.2 Å². The third kappa shape index (κ3) is 15.9. The summed E-state index contributed by atoms with van der Waals surface area (Å²) in [7, 11) is 0. The highest BCUT2D eigenvalue weighted by atomic mass is 16.4. The van der Waals surface area contributed by atoms with Gasteiger partial charge in [-0.3, -0.25) is 4.79 Å². The van der Waals surface area contributed by atoms with E-state index in [9.17, 15) is 9.59 Å². The Labute approximate surface area is 181 Å². The predicted molar refractivity (Wildman–Crippen MR) is 119 cm³/mol. The van der Waals surface area contributed by atoms with Crippen LogP contribution >= 0.6 is 0 Å². The van der Waals surface area contributed by atoms with Crippen molar-refractivity contribution in [1.29, 1.82) is 0 Å². The molecule has 0 atom stereocenters. The number of carbonyl (C=O) groups is 2. The molecule has 1 aromatic carbocycles. The Hall–Kier alpha value is -1.92. The van der Waals surface area contributed by atoms with Crippen LogP contribution in [0.25, 0.3) is 0 Å². The van der Waals surface area contributed by atoms with Crippen LogP contribution in [0.3, 0.4) is 0 Å². The summed E-state index contributed by atoms with van der Waals surface area (Å²) in [5, 5.41) is 34.3. The molecule has 0 amide bonds. The van der Waals surface area contributed by atoms with Crippen molar-refractivity contribution in [3.05, 3.63) is 35.9 Å². The maximum atomic E-state index is 10.2. The second kappa shape index (κ2) is 19.1. The summed E-state index contributed by atoms with van der Waals surface area (Å²) in [4.78, 5) is 20.3. The van der Waals surface area contributed by atoms with Crippen molar-refractivity contribution in [1.82, 2.24) is 0 Å². The van der Waals surface area contributed by atoms with Crippen LogP contribution in [0.1, 0.15) is 87.9 Å². The Bertz CT molecular complexity index is 526. The summed E-state index contributed by atoms with van der Waals surface area (Å²) in [6.07, 6.45) is 11.6. The second-order valence-electron chi connectivity index (χ2n) is 7.83. The van der Waals surface area contributed by atoms with Gasteiger partial charge in [0.05, 0.1) is 5.56 Å². The molecule has 0 unspecified atom stereocenters. The number of benzene rings is 1. The standard InChI is InChI=1S/C9H18O2.C8H16O2.C7H6O2/c1-2-3-4-5-6-7-8-9(10)11;9-5-7-1-2-8(6-10)4-3-7;8-7(9)6-4-2-1-3-5-6/h2-8H2,1H3,(H,10,11);7-10H,1-6H2;1-5H,(H,8,9). The number of aliphatic hydroxyl groups is 2. The van der Waals surface area contributed by atoms with E-state index in [0.29, 0.717) is 37.0 Å². The molecule has 6 nitrogen and oxygen atoms in total. The molecule has 0 heterocycles. The topological polar surface area (TPSA) is 115 Å². The number of aliphatic hydroxyl groups excluding tert-OH is 2. The van der Waals surface area contributed by atoms with Crippen LogP contribution in [-0.2, 0) is 4.79 Å². The molecular formula is C24H40O6. The van der Waals surface area contributed by atoms with Gasteiger partial charge >= 0.3 is 11.9 Å². The third-order valence-corrected chi connectivity index (χ3v) is 5.25. The van der Waals surface area contributed by atoms with Crippen molar-refractivity contribution in [2.24, 2.45) is 11.8 Å². The first kappa shape index (κ1) is 28.1. The lowest BCUT2D eigenvalue weighted by Gasteiger charge is -2.25. The zero-order valence-electron chi connectivity index (χ0n) is 18.3. The number of hydrogen-bond acceptors (Lipinski definition) is 4. The van der Waals surface area contributed by atoms with E-state index >= 15 is 0 Å². The molecule has 0 bridgehead atoms. The average Bonchev–Trinajstić information content (AvgIpc) is 2.77. The SMILES string of the molecule is CCCCCCCCC(=O)O.O=C(O)c1ccccc1.OCC1CCC(CO)CC1. The van der Waals surface area contributed by atoms with Crippen LogP contribution in [0.15, 0.2) is 30.3 Å². The van der Waals surface area contributed by atoms with Gasteiger partial charge in [-0.25, -0.2) is 4.79 Å². The Kier molecular flexibility index (Phi) is 17.8. The Balaban J connectivity index is 0.000000422. The molecule has 172 valence electrons. The van der Waals surface area contributed by atoms with Gasteiger partial charge < -0.3 is 20.4 Å². The normalized spacial score (nSPS) is 17.7. The smallest absolute Gasteiger partial charge is 0.335 e. The van der Waals surface area contributed by atoms with Crippen LogP contribution in [0.5, 0.6) is 0 Å². The second-order valence-corrected chi connectivity index (χ2v) is 7.83. The minimum absolute atomic E-state index is 0.331. The third-order valence-electron chi connectivity index (χ3n) is 5.25. The number of aromatic carboxylic acids is 1. The van der Waals surface area contributed by atoms with E-state index in [4.69, 9.17) is 20.4 Å². The zero-order chi connectivity index (χ0) is 22.6. The minimum Gasteiger partial charge on any atom is -0.481 e. The molecule has 6 heteroatoms. The number of unbranched alkanes of at least 4 members (excludes halogenated alkanes) is 5. The molecule has 1 saturated carbocycles. The number of rotatable bonds is 10. The van der Waals surface area contributed by atoms with E-state index in [1.807, 2.05) is 0 Å². The fourth-order valence-electron chi connectivity index (χ4n) is 3.23. The van der Waals surface area contributed by atoms with Crippen molar-refractivity contribution < 1.29 is 30.0 Å². The van der Waals surface area contributed by atoms with Crippen molar-refractivity contribution >= 4 is 11.9 Å². The summed E-state index contributed by atoms with van der Waals surface area (Å²) < 4.78 is 0. The predicted octanol–water partition coefficient (Wildman–Crippen LogP) is 4.98. The first-order chi connectivity index (χ1) is 14.4. The van der Waals surface area contributed by atoms with Gasteiger partial charge in [-0.05, 0) is 56.1 Å². The van der Waals surface area contributed by atoms with Gasteiger partial charge in [0, 0.05) is 19.6 Å². The largest absolute Gasteiger partial charge is 0.481 e. The summed E-state index contributed by atoms with van der Waals surface area (Å²) in [6, 6.07) is 8.30. The van der Waals surface area contributed by atoms with E-state index in [2.05, 4.69) is 6.92 Å². The summed E-state index contributed by atoms with van der Waals surface area (Å²) >= 11 is 0. The van der Waals surface area contributed by atoms with Crippen LogP contribution < -0.4 is 0 Å². The monoisotopic (exact) mass is 424 g/mol. The van der Waals surface area contributed by atoms with Crippen molar-refractivity contribution in [2.75, 3.05) is 13.2 Å². The van der Waals surface area contributed by atoms with E-state index in [-0.39, 0.29) is 0 Å². The molecule has 30 heavy (non-hydrogen) atoms. The highest BCUT2D eigenvalue weighted by Crippen LogP contribution is 2.27. The fourth-order valence-corrected chi connectivity index (χ4v) is 3.23. The van der Waals surface area contributed by atoms with E-state index < -0.39 is 11.9 Å². The zero-order valence-corrected chi connectivity index (χ0v) is 18.3. The minimum atomic E-state index is -0.879. The first-order valence-electron chi connectivity index (χ1n) is 11.2. The first-order valence-corrected chi connectivity index (χ1v) is 11.2. The number of aliphatic carboxylic acids is 1. The lowest BCUT2D eigenvalue weighted by atomic mass is 9.83. The van der Waals surface area contributed by atoms with E-state index in [1.54, 1.807) is 30.3 Å². The molecule has 0 aromatic heterocycles. The van der Waals surface area contributed by atoms with E-state index in [0.717, 1.165) is 38.5 Å². The fraction of sp³-hybridized carbons (Fsp3) is 0.667. The summed E-state index contributed by atoms with van der Waals surface area (Å²) in [5.41, 5.74) is 0.331. The summed E-state index contributed by atoms with van der Waals surface area (Å²) in [5.74, 6) is -0.512. The quantitative estimate of drug-likeness (QED) is 0.394. The van der Waals surface area contributed by atoms with Gasteiger partial charge in [0.15, 0.2) is 0 Å².